The average Bonchev–Trinajstić information content (AvgIpc) is 4.08. The van der Waals surface area contributed by atoms with Gasteiger partial charge >= 0.3 is 0 Å². The SMILES string of the molecule is CCCCCCc1c2cc(-c3ccc(C4=C5C(=O)NC(c6cccs6)=C5C(=O)N4)s3)n(-c3ccccc3)c2c(CCCCCC)c2ccn(-c3ccccc3)c12. The first-order chi connectivity index (χ1) is 27.6. The lowest BCUT2D eigenvalue weighted by Gasteiger charge is -2.18. The first-order valence-corrected chi connectivity index (χ1v) is 21.8. The normalized spacial score (nSPS) is 14.1. The Morgan fingerprint density at radius 3 is 1.80 bits per heavy atom. The van der Waals surface area contributed by atoms with Crippen molar-refractivity contribution in [3.05, 3.63) is 141 Å². The van der Waals surface area contributed by atoms with Crippen molar-refractivity contribution in [2.24, 2.45) is 0 Å². The number of hydrogen-bond donors (Lipinski definition) is 2. The van der Waals surface area contributed by atoms with Crippen LogP contribution in [0.2, 0.25) is 0 Å². The number of nitrogens with one attached hydrogen (secondary N) is 2. The van der Waals surface area contributed by atoms with E-state index in [0.717, 1.165) is 51.7 Å². The second-order valence-corrected chi connectivity index (χ2v) is 16.9. The van der Waals surface area contributed by atoms with Crippen LogP contribution in [0.3, 0.4) is 0 Å². The highest BCUT2D eigenvalue weighted by Gasteiger charge is 2.41. The van der Waals surface area contributed by atoms with Crippen molar-refractivity contribution in [3.63, 3.8) is 0 Å². The maximum Gasteiger partial charge on any atom is 0.258 e. The molecule has 9 rings (SSSR count). The lowest BCUT2D eigenvalue weighted by molar-refractivity contribution is -0.117. The summed E-state index contributed by atoms with van der Waals surface area (Å²) in [5.74, 6) is -0.480. The van der Waals surface area contributed by atoms with Gasteiger partial charge in [-0.3, -0.25) is 9.59 Å². The van der Waals surface area contributed by atoms with E-state index in [4.69, 9.17) is 0 Å². The van der Waals surface area contributed by atoms with Crippen molar-refractivity contribution in [1.29, 1.82) is 0 Å². The van der Waals surface area contributed by atoms with Crippen LogP contribution >= 0.6 is 22.7 Å². The first-order valence-electron chi connectivity index (χ1n) is 20.1. The van der Waals surface area contributed by atoms with Gasteiger partial charge in [0.05, 0.1) is 53.9 Å². The zero-order chi connectivity index (χ0) is 38.2. The molecule has 2 amide bonds. The molecule has 0 bridgehead atoms. The second-order valence-electron chi connectivity index (χ2n) is 14.9. The summed E-state index contributed by atoms with van der Waals surface area (Å²) in [7, 11) is 0. The average molecular weight is 775 g/mol. The van der Waals surface area contributed by atoms with E-state index in [1.807, 2.05) is 17.5 Å². The molecule has 0 saturated carbocycles. The molecule has 282 valence electrons. The number of carbonyl (C=O) groups excluding carboxylic acids is 2. The summed E-state index contributed by atoms with van der Waals surface area (Å²) < 4.78 is 4.91. The van der Waals surface area contributed by atoms with Crippen LogP contribution in [0.4, 0.5) is 0 Å². The van der Waals surface area contributed by atoms with E-state index in [9.17, 15) is 9.59 Å². The van der Waals surface area contributed by atoms with Gasteiger partial charge in [-0.2, -0.15) is 0 Å². The molecule has 56 heavy (non-hydrogen) atoms. The van der Waals surface area contributed by atoms with Crippen molar-refractivity contribution in [2.45, 2.75) is 78.1 Å². The van der Waals surface area contributed by atoms with E-state index >= 15 is 0 Å². The number of hydrogen-bond acceptors (Lipinski definition) is 4. The molecule has 2 aliphatic heterocycles. The monoisotopic (exact) mass is 774 g/mol. The maximum atomic E-state index is 13.5. The molecule has 0 radical (unpaired) electrons. The molecule has 4 aromatic heterocycles. The van der Waals surface area contributed by atoms with E-state index in [1.165, 1.54) is 88.5 Å². The van der Waals surface area contributed by atoms with Crippen LogP contribution < -0.4 is 10.6 Å². The molecule has 0 atom stereocenters. The number of benzene rings is 3. The quantitative estimate of drug-likeness (QED) is 0.102. The van der Waals surface area contributed by atoms with Gasteiger partial charge < -0.3 is 19.8 Å². The van der Waals surface area contributed by atoms with Gasteiger partial charge in [-0.1, -0.05) is 94.8 Å². The predicted octanol–water partition coefficient (Wildman–Crippen LogP) is 12.0. The molecular formula is C48H46N4O2S2. The highest BCUT2D eigenvalue weighted by Crippen LogP contribution is 2.46. The van der Waals surface area contributed by atoms with Gasteiger partial charge in [0, 0.05) is 28.3 Å². The summed E-state index contributed by atoms with van der Waals surface area (Å²) in [6, 6.07) is 34.4. The molecule has 0 unspecified atom stereocenters. The van der Waals surface area contributed by atoms with E-state index in [2.05, 4.69) is 125 Å². The molecule has 2 N–H and O–H groups in total. The highest BCUT2D eigenvalue weighted by molar-refractivity contribution is 7.16. The smallest absolute Gasteiger partial charge is 0.258 e. The Morgan fingerprint density at radius 1 is 0.571 bits per heavy atom. The van der Waals surface area contributed by atoms with Crippen molar-refractivity contribution in [3.8, 4) is 21.9 Å². The van der Waals surface area contributed by atoms with Gasteiger partial charge in [-0.25, -0.2) is 0 Å². The second kappa shape index (κ2) is 15.6. The molecule has 6 nitrogen and oxygen atoms in total. The Balaban J connectivity index is 1.28. The van der Waals surface area contributed by atoms with Gasteiger partial charge in [-0.15, -0.1) is 22.7 Å². The minimum Gasteiger partial charge on any atom is -0.320 e. The molecule has 3 aromatic carbocycles. The Labute approximate surface area is 336 Å². The molecule has 0 aliphatic carbocycles. The van der Waals surface area contributed by atoms with Crippen molar-refractivity contribution in [2.75, 3.05) is 0 Å². The number of carbonyl (C=O) groups is 2. The maximum absolute atomic E-state index is 13.5. The van der Waals surface area contributed by atoms with Crippen LogP contribution in [0.1, 0.15) is 86.1 Å². The first kappa shape index (κ1) is 36.2. The summed E-state index contributed by atoms with van der Waals surface area (Å²) in [6.07, 6.45) is 13.8. The van der Waals surface area contributed by atoms with Gasteiger partial charge in [0.25, 0.3) is 11.8 Å². The number of rotatable bonds is 15. The van der Waals surface area contributed by atoms with Gasteiger partial charge in [-0.05, 0) is 96.8 Å². The largest absolute Gasteiger partial charge is 0.320 e. The molecule has 8 heteroatoms. The van der Waals surface area contributed by atoms with Crippen molar-refractivity contribution in [1.82, 2.24) is 19.8 Å². The summed E-state index contributed by atoms with van der Waals surface area (Å²) in [6.45, 7) is 4.55. The Hall–Kier alpha value is -5.44. The Bertz CT molecular complexity index is 2630. The fourth-order valence-corrected chi connectivity index (χ4v) is 10.4. The van der Waals surface area contributed by atoms with E-state index < -0.39 is 0 Å². The van der Waals surface area contributed by atoms with Crippen LogP contribution in [-0.2, 0) is 22.4 Å². The third kappa shape index (κ3) is 6.35. The van der Waals surface area contributed by atoms with Gasteiger partial charge in [0.2, 0.25) is 0 Å². The van der Waals surface area contributed by atoms with E-state index in [-0.39, 0.29) is 11.8 Å². The number of amides is 2. The number of aryl methyl sites for hydroxylation is 2. The Morgan fingerprint density at radius 2 is 1.18 bits per heavy atom. The van der Waals surface area contributed by atoms with E-state index in [0.29, 0.717) is 22.5 Å². The van der Waals surface area contributed by atoms with Crippen molar-refractivity contribution >= 4 is 67.7 Å². The minimum absolute atomic E-state index is 0.240. The fourth-order valence-electron chi connectivity index (χ4n) is 8.65. The van der Waals surface area contributed by atoms with Gasteiger partial charge in [0.1, 0.15) is 0 Å². The molecule has 0 spiro atoms. The lowest BCUT2D eigenvalue weighted by atomic mass is 9.93. The Kier molecular flexibility index (Phi) is 10.1. The lowest BCUT2D eigenvalue weighted by Crippen LogP contribution is -2.20. The van der Waals surface area contributed by atoms with E-state index in [1.54, 1.807) is 11.3 Å². The fraction of sp³-hybridized carbons (Fsp3) is 0.250. The summed E-state index contributed by atoms with van der Waals surface area (Å²) in [5.41, 5.74) is 10.9. The standard InChI is InChI=1S/C48H46N4O2S2/c1-3-5-7-15-22-33-35-27-28-51(31-18-11-9-12-19-31)45(35)34(23-16-8-6-4-2)36-30-37(52(46(33)36)32-20-13-10-14-21-32)38-25-26-40(56-38)44-42-41(47(53)50-44)43(49-48(42)54)39-24-17-29-55-39/h9-14,17-21,24-30H,3-8,15-16,22-23H2,1-2H3,(H,49,54)(H,50,53). The molecule has 7 aromatic rings. The summed E-state index contributed by atoms with van der Waals surface area (Å²) in [4.78, 5) is 29.8. The van der Waals surface area contributed by atoms with Crippen LogP contribution in [-0.4, -0.2) is 20.9 Å². The molecular weight excluding hydrogens is 729 g/mol. The number of para-hydroxylation sites is 2. The molecule has 0 saturated heterocycles. The third-order valence-electron chi connectivity index (χ3n) is 11.3. The zero-order valence-electron chi connectivity index (χ0n) is 32.0. The number of nitrogens with zero attached hydrogens (tertiary/aromatic N) is 2. The third-order valence-corrected chi connectivity index (χ3v) is 13.3. The summed E-state index contributed by atoms with van der Waals surface area (Å²) >= 11 is 3.14. The van der Waals surface area contributed by atoms with Gasteiger partial charge in [0.15, 0.2) is 0 Å². The van der Waals surface area contributed by atoms with Crippen LogP contribution in [0.15, 0.2) is 120 Å². The number of aromatic nitrogens is 2. The van der Waals surface area contributed by atoms with Crippen molar-refractivity contribution < 1.29 is 9.59 Å². The number of fused-ring (bicyclic) bond motifs is 3. The number of thiophene rings is 2. The highest BCUT2D eigenvalue weighted by atomic mass is 32.1. The molecule has 6 heterocycles. The molecule has 0 fully saturated rings. The zero-order valence-corrected chi connectivity index (χ0v) is 33.6. The van der Waals surface area contributed by atoms with Crippen LogP contribution in [0.5, 0.6) is 0 Å². The molecule has 2 aliphatic rings. The van der Waals surface area contributed by atoms with Crippen LogP contribution in [0, 0.1) is 0 Å². The topological polar surface area (TPSA) is 68.1 Å². The minimum atomic E-state index is -0.240. The van der Waals surface area contributed by atoms with Crippen LogP contribution in [0.25, 0.3) is 55.1 Å². The number of unbranched alkanes of at least 4 members (excludes halogenated alkanes) is 6. The summed E-state index contributed by atoms with van der Waals surface area (Å²) in [5, 5.41) is 10.7. The predicted molar refractivity (Wildman–Crippen MR) is 234 cm³/mol.